The molecular weight excluding hydrogens is 170 g/mol. The minimum absolute atomic E-state index is 0.0534. The number of rotatable bonds is 5. The highest BCUT2D eigenvalue weighted by molar-refractivity contribution is 5.84. The number of nitrogens with zero attached hydrogens (tertiary/aromatic N) is 1. The van der Waals surface area contributed by atoms with Crippen LogP contribution in [-0.4, -0.2) is 35.0 Å². The van der Waals surface area contributed by atoms with Crippen LogP contribution >= 0.6 is 0 Å². The summed E-state index contributed by atoms with van der Waals surface area (Å²) in [6.45, 7) is 3.58. The highest BCUT2D eigenvalue weighted by Crippen LogP contribution is 2.30. The molecule has 0 atom stereocenters. The zero-order chi connectivity index (χ0) is 9.84. The first kappa shape index (κ1) is 9.77. The summed E-state index contributed by atoms with van der Waals surface area (Å²) >= 11 is 0. The van der Waals surface area contributed by atoms with Crippen LogP contribution in [0.2, 0.25) is 0 Å². The van der Waals surface area contributed by atoms with E-state index in [0.29, 0.717) is 6.54 Å². The Morgan fingerprint density at radius 3 is 2.54 bits per heavy atom. The van der Waals surface area contributed by atoms with Gasteiger partial charge in [0.15, 0.2) is 0 Å². The van der Waals surface area contributed by atoms with E-state index < -0.39 is 5.97 Å². The molecule has 1 aliphatic carbocycles. The predicted octanol–water partition coefficient (Wildman–Crippen LogP) is 0.496. The standard InChI is InChI=1S/C9H13NO3/c1-2-5-10(6-8(11)12)9(13)7-3-4-7/h2,7H,1,3-6H2,(H,11,12). The molecule has 1 aliphatic rings. The second-order valence-electron chi connectivity index (χ2n) is 3.18. The van der Waals surface area contributed by atoms with Gasteiger partial charge in [-0.2, -0.15) is 0 Å². The van der Waals surface area contributed by atoms with Crippen molar-refractivity contribution in [1.29, 1.82) is 0 Å². The van der Waals surface area contributed by atoms with Gasteiger partial charge < -0.3 is 10.0 Å². The number of carboxylic acids is 1. The zero-order valence-electron chi connectivity index (χ0n) is 7.40. The van der Waals surface area contributed by atoms with E-state index in [1.54, 1.807) is 6.08 Å². The van der Waals surface area contributed by atoms with Crippen molar-refractivity contribution in [3.8, 4) is 0 Å². The van der Waals surface area contributed by atoms with Crippen LogP contribution < -0.4 is 0 Å². The lowest BCUT2D eigenvalue weighted by molar-refractivity contribution is -0.144. The van der Waals surface area contributed by atoms with Crippen molar-refractivity contribution in [2.24, 2.45) is 5.92 Å². The highest BCUT2D eigenvalue weighted by Gasteiger charge is 2.33. The summed E-state index contributed by atoms with van der Waals surface area (Å²) < 4.78 is 0. The molecule has 13 heavy (non-hydrogen) atoms. The van der Waals surface area contributed by atoms with E-state index in [4.69, 9.17) is 5.11 Å². The Morgan fingerprint density at radius 2 is 2.15 bits per heavy atom. The van der Waals surface area contributed by atoms with Gasteiger partial charge in [0.05, 0.1) is 0 Å². The smallest absolute Gasteiger partial charge is 0.323 e. The quantitative estimate of drug-likeness (QED) is 0.631. The minimum Gasteiger partial charge on any atom is -0.480 e. The monoisotopic (exact) mass is 183 g/mol. The molecule has 1 N–H and O–H groups in total. The maximum atomic E-state index is 11.4. The number of hydrogen-bond donors (Lipinski definition) is 1. The van der Waals surface area contributed by atoms with Crippen LogP contribution in [0.3, 0.4) is 0 Å². The number of carbonyl (C=O) groups is 2. The summed E-state index contributed by atoms with van der Waals surface area (Å²) in [7, 11) is 0. The summed E-state index contributed by atoms with van der Waals surface area (Å²) in [6, 6.07) is 0. The van der Waals surface area contributed by atoms with Crippen molar-refractivity contribution in [1.82, 2.24) is 4.90 Å². The zero-order valence-corrected chi connectivity index (χ0v) is 7.40. The molecule has 0 radical (unpaired) electrons. The van der Waals surface area contributed by atoms with Crippen molar-refractivity contribution < 1.29 is 14.7 Å². The van der Waals surface area contributed by atoms with E-state index in [2.05, 4.69) is 6.58 Å². The van der Waals surface area contributed by atoms with Gasteiger partial charge in [-0.1, -0.05) is 6.08 Å². The molecule has 4 heteroatoms. The van der Waals surface area contributed by atoms with Crippen LogP contribution in [0.25, 0.3) is 0 Å². The van der Waals surface area contributed by atoms with E-state index >= 15 is 0 Å². The van der Waals surface area contributed by atoms with Crippen molar-refractivity contribution in [2.75, 3.05) is 13.1 Å². The molecule has 1 saturated carbocycles. The molecule has 1 amide bonds. The predicted molar refractivity (Wildman–Crippen MR) is 47.1 cm³/mol. The third kappa shape index (κ3) is 2.89. The van der Waals surface area contributed by atoms with Crippen LogP contribution in [0.5, 0.6) is 0 Å². The summed E-state index contributed by atoms with van der Waals surface area (Å²) in [5.41, 5.74) is 0. The number of aliphatic carboxylic acids is 1. The number of hydrogen-bond acceptors (Lipinski definition) is 2. The highest BCUT2D eigenvalue weighted by atomic mass is 16.4. The van der Waals surface area contributed by atoms with Crippen LogP contribution in [0.15, 0.2) is 12.7 Å². The normalized spacial score (nSPS) is 15.1. The lowest BCUT2D eigenvalue weighted by Gasteiger charge is -2.18. The second kappa shape index (κ2) is 4.07. The van der Waals surface area contributed by atoms with Crippen molar-refractivity contribution in [2.45, 2.75) is 12.8 Å². The first-order valence-corrected chi connectivity index (χ1v) is 4.26. The van der Waals surface area contributed by atoms with E-state index in [0.717, 1.165) is 12.8 Å². The van der Waals surface area contributed by atoms with Gasteiger partial charge in [-0.25, -0.2) is 0 Å². The van der Waals surface area contributed by atoms with Gasteiger partial charge in [-0.3, -0.25) is 9.59 Å². The van der Waals surface area contributed by atoms with Crippen LogP contribution in [0.1, 0.15) is 12.8 Å². The van der Waals surface area contributed by atoms with Crippen molar-refractivity contribution in [3.05, 3.63) is 12.7 Å². The van der Waals surface area contributed by atoms with Crippen LogP contribution in [0, 0.1) is 5.92 Å². The molecule has 1 rings (SSSR count). The van der Waals surface area contributed by atoms with Gasteiger partial charge in [0.2, 0.25) is 5.91 Å². The van der Waals surface area contributed by atoms with Crippen molar-refractivity contribution in [3.63, 3.8) is 0 Å². The van der Waals surface area contributed by atoms with E-state index in [1.807, 2.05) is 0 Å². The Bertz CT molecular complexity index is 233. The largest absolute Gasteiger partial charge is 0.480 e. The lowest BCUT2D eigenvalue weighted by atomic mass is 10.3. The van der Waals surface area contributed by atoms with Gasteiger partial charge in [0, 0.05) is 12.5 Å². The van der Waals surface area contributed by atoms with Crippen molar-refractivity contribution >= 4 is 11.9 Å². The van der Waals surface area contributed by atoms with Gasteiger partial charge in [-0.05, 0) is 12.8 Å². The molecular formula is C9H13NO3. The molecule has 0 bridgehead atoms. The number of carbonyl (C=O) groups excluding carboxylic acids is 1. The van der Waals surface area contributed by atoms with E-state index in [1.165, 1.54) is 4.90 Å². The molecule has 0 unspecified atom stereocenters. The van der Waals surface area contributed by atoms with Crippen LogP contribution in [0.4, 0.5) is 0 Å². The average molecular weight is 183 g/mol. The Hall–Kier alpha value is -1.32. The molecule has 0 aromatic carbocycles. The fourth-order valence-corrected chi connectivity index (χ4v) is 1.14. The average Bonchev–Trinajstić information content (AvgIpc) is 2.84. The minimum atomic E-state index is -0.976. The SMILES string of the molecule is C=CCN(CC(=O)O)C(=O)C1CC1. The summed E-state index contributed by atoms with van der Waals surface area (Å²) in [5, 5.41) is 8.53. The Morgan fingerprint density at radius 1 is 1.54 bits per heavy atom. The topological polar surface area (TPSA) is 57.6 Å². The Labute approximate surface area is 76.8 Å². The first-order chi connectivity index (χ1) is 6.15. The summed E-state index contributed by atoms with van der Waals surface area (Å²) in [5.74, 6) is -0.961. The maximum absolute atomic E-state index is 11.4. The molecule has 0 heterocycles. The summed E-state index contributed by atoms with van der Waals surface area (Å²) in [6.07, 6.45) is 3.33. The third-order valence-electron chi connectivity index (χ3n) is 1.91. The van der Waals surface area contributed by atoms with Gasteiger partial charge in [0.1, 0.15) is 6.54 Å². The van der Waals surface area contributed by atoms with E-state index in [-0.39, 0.29) is 18.4 Å². The van der Waals surface area contributed by atoms with E-state index in [9.17, 15) is 9.59 Å². The Kier molecular flexibility index (Phi) is 3.06. The van der Waals surface area contributed by atoms with Gasteiger partial charge in [0.25, 0.3) is 0 Å². The molecule has 4 nitrogen and oxygen atoms in total. The number of carboxylic acid groups (broad SMARTS) is 1. The first-order valence-electron chi connectivity index (χ1n) is 4.26. The number of amides is 1. The van der Waals surface area contributed by atoms with Gasteiger partial charge >= 0.3 is 5.97 Å². The molecule has 0 aromatic heterocycles. The van der Waals surface area contributed by atoms with Crippen LogP contribution in [-0.2, 0) is 9.59 Å². The molecule has 1 fully saturated rings. The molecule has 0 aromatic rings. The third-order valence-corrected chi connectivity index (χ3v) is 1.91. The maximum Gasteiger partial charge on any atom is 0.323 e. The Balaban J connectivity index is 2.48. The molecule has 0 spiro atoms. The second-order valence-corrected chi connectivity index (χ2v) is 3.18. The molecule has 0 aliphatic heterocycles. The van der Waals surface area contributed by atoms with Gasteiger partial charge in [-0.15, -0.1) is 6.58 Å². The fourth-order valence-electron chi connectivity index (χ4n) is 1.14. The molecule has 0 saturated heterocycles. The fraction of sp³-hybridized carbons (Fsp3) is 0.556. The molecule has 72 valence electrons. The lowest BCUT2D eigenvalue weighted by Crippen LogP contribution is -2.36. The summed E-state index contributed by atoms with van der Waals surface area (Å²) in [4.78, 5) is 23.2.